The molecule has 1 aromatic carbocycles. The van der Waals surface area contributed by atoms with E-state index >= 15 is 0 Å². The average Bonchev–Trinajstić information content (AvgIpc) is 3.37. The number of pyridine rings is 1. The maximum Gasteiger partial charge on any atom is 0.278 e. The largest absolute Gasteiger partial charge is 0.278 e. The molecule has 4 aromatic rings. The molecule has 5 rings (SSSR count). The van der Waals surface area contributed by atoms with Crippen LogP contribution in [0.5, 0.6) is 0 Å². The predicted octanol–water partition coefficient (Wildman–Crippen LogP) is 4.74. The van der Waals surface area contributed by atoms with E-state index in [1.54, 1.807) is 10.6 Å². The number of thiazole rings is 1. The van der Waals surface area contributed by atoms with Crippen LogP contribution in [0.25, 0.3) is 16.2 Å². The molecule has 0 saturated heterocycles. The second kappa shape index (κ2) is 6.04. The van der Waals surface area contributed by atoms with Gasteiger partial charge in [0.25, 0.3) is 5.56 Å². The second-order valence-corrected chi connectivity index (χ2v) is 7.67. The summed E-state index contributed by atoms with van der Waals surface area (Å²) in [5, 5.41) is 2.19. The van der Waals surface area contributed by atoms with Gasteiger partial charge in [-0.3, -0.25) is 9.78 Å². The van der Waals surface area contributed by atoms with E-state index in [2.05, 4.69) is 11.1 Å². The summed E-state index contributed by atoms with van der Waals surface area (Å²) in [7, 11) is 0. The fourth-order valence-electron chi connectivity index (χ4n) is 3.46. The van der Waals surface area contributed by atoms with Gasteiger partial charge >= 0.3 is 0 Å². The Morgan fingerprint density at radius 3 is 2.73 bits per heavy atom. The Labute approximate surface area is 158 Å². The van der Waals surface area contributed by atoms with E-state index in [1.807, 2.05) is 48.0 Å². The van der Waals surface area contributed by atoms with Crippen LogP contribution >= 0.6 is 22.9 Å². The Kier molecular flexibility index (Phi) is 3.65. The Morgan fingerprint density at radius 1 is 1.12 bits per heavy atom. The highest BCUT2D eigenvalue weighted by Crippen LogP contribution is 2.55. The summed E-state index contributed by atoms with van der Waals surface area (Å²) >= 11 is 7.94. The zero-order valence-corrected chi connectivity index (χ0v) is 15.2. The van der Waals surface area contributed by atoms with Crippen LogP contribution < -0.4 is 5.56 Å². The molecule has 0 spiro atoms. The van der Waals surface area contributed by atoms with E-state index in [-0.39, 0.29) is 16.5 Å². The number of aromatic nitrogens is 3. The molecule has 3 aromatic heterocycles. The van der Waals surface area contributed by atoms with Crippen LogP contribution in [0.15, 0.2) is 65.0 Å². The van der Waals surface area contributed by atoms with Crippen molar-refractivity contribution in [2.75, 3.05) is 0 Å². The minimum absolute atomic E-state index is 0.187. The van der Waals surface area contributed by atoms with Gasteiger partial charge in [0.05, 0.1) is 11.4 Å². The van der Waals surface area contributed by atoms with Crippen molar-refractivity contribution in [3.05, 3.63) is 86.9 Å². The van der Waals surface area contributed by atoms with Crippen LogP contribution in [0.2, 0.25) is 5.02 Å². The van der Waals surface area contributed by atoms with Gasteiger partial charge < -0.3 is 0 Å². The topological polar surface area (TPSA) is 47.3 Å². The van der Waals surface area contributed by atoms with Gasteiger partial charge in [0.15, 0.2) is 4.96 Å². The first-order valence-electron chi connectivity index (χ1n) is 8.39. The zero-order valence-electron chi connectivity index (χ0n) is 13.7. The smallest absolute Gasteiger partial charge is 0.267 e. The van der Waals surface area contributed by atoms with Crippen LogP contribution in [0, 0.1) is 0 Å². The van der Waals surface area contributed by atoms with E-state index in [0.29, 0.717) is 16.6 Å². The number of rotatable bonds is 3. The number of hydrogen-bond donors (Lipinski definition) is 0. The summed E-state index contributed by atoms with van der Waals surface area (Å²) < 4.78 is 1.62. The molecule has 1 aliphatic carbocycles. The quantitative estimate of drug-likeness (QED) is 0.516. The van der Waals surface area contributed by atoms with Crippen molar-refractivity contribution >= 4 is 27.9 Å². The van der Waals surface area contributed by atoms with Crippen LogP contribution in [0.3, 0.4) is 0 Å². The van der Waals surface area contributed by atoms with Gasteiger partial charge in [-0.1, -0.05) is 48.0 Å². The summed E-state index contributed by atoms with van der Waals surface area (Å²) in [5.41, 5.74) is 3.50. The van der Waals surface area contributed by atoms with Crippen molar-refractivity contribution in [3.63, 3.8) is 0 Å². The maximum absolute atomic E-state index is 13.0. The molecule has 0 amide bonds. The minimum Gasteiger partial charge on any atom is -0.267 e. The second-order valence-electron chi connectivity index (χ2n) is 6.46. The lowest BCUT2D eigenvalue weighted by molar-refractivity contribution is 0.938. The third-order valence-corrected chi connectivity index (χ3v) is 6.04. The normalized spacial score (nSPS) is 19.0. The zero-order chi connectivity index (χ0) is 17.7. The molecule has 0 N–H and O–H groups in total. The Bertz CT molecular complexity index is 1150. The lowest BCUT2D eigenvalue weighted by Gasteiger charge is -2.06. The monoisotopic (exact) mass is 379 g/mol. The number of halogens is 1. The summed E-state index contributed by atoms with van der Waals surface area (Å²) in [6, 6.07) is 13.8. The van der Waals surface area contributed by atoms with Crippen molar-refractivity contribution in [3.8, 4) is 11.3 Å². The van der Waals surface area contributed by atoms with Crippen LogP contribution in [-0.2, 0) is 0 Å². The summed E-state index contributed by atoms with van der Waals surface area (Å²) in [5.74, 6) is 0.524. The van der Waals surface area contributed by atoms with Crippen molar-refractivity contribution in [1.29, 1.82) is 0 Å². The molecular formula is C20H14ClN3OS. The first-order valence-corrected chi connectivity index (χ1v) is 9.65. The molecule has 26 heavy (non-hydrogen) atoms. The lowest BCUT2D eigenvalue weighted by Crippen LogP contribution is -2.17. The molecule has 0 unspecified atom stereocenters. The standard InChI is InChI=1S/C20H14ClN3OS/c21-17-18(15-9-14(15)13-7-4-8-22-10-13)23-20-24(19(17)25)16(11-26-20)12-5-2-1-3-6-12/h1-8,10-11,14-15H,9H2/t14-,15+/m0/s1. The molecule has 0 radical (unpaired) electrons. The van der Waals surface area contributed by atoms with Crippen molar-refractivity contribution in [2.24, 2.45) is 0 Å². The molecule has 1 aliphatic rings. The van der Waals surface area contributed by atoms with E-state index in [1.165, 1.54) is 16.9 Å². The van der Waals surface area contributed by atoms with Crippen LogP contribution in [-0.4, -0.2) is 14.4 Å². The number of hydrogen-bond acceptors (Lipinski definition) is 4. The van der Waals surface area contributed by atoms with Gasteiger partial charge in [0, 0.05) is 23.7 Å². The fraction of sp³-hybridized carbons (Fsp3) is 0.150. The number of benzene rings is 1. The van der Waals surface area contributed by atoms with E-state index in [9.17, 15) is 4.79 Å². The molecule has 0 aliphatic heterocycles. The third-order valence-electron chi connectivity index (χ3n) is 4.86. The first-order chi connectivity index (χ1) is 12.7. The SMILES string of the molecule is O=c1c(Cl)c([C@@H]2C[C@H]2c2cccnc2)nc2scc(-c3ccccc3)n12. The Hall–Kier alpha value is -2.50. The number of nitrogens with zero attached hydrogens (tertiary/aromatic N) is 3. The maximum atomic E-state index is 13.0. The first kappa shape index (κ1) is 15.7. The van der Waals surface area contributed by atoms with E-state index < -0.39 is 0 Å². The molecule has 6 heteroatoms. The molecule has 3 heterocycles. The molecule has 0 bridgehead atoms. The lowest BCUT2D eigenvalue weighted by atomic mass is 10.1. The molecule has 2 atom stereocenters. The summed E-state index contributed by atoms with van der Waals surface area (Å²) in [6.07, 6.45) is 4.59. The van der Waals surface area contributed by atoms with Gasteiger partial charge in [-0.15, -0.1) is 11.3 Å². The van der Waals surface area contributed by atoms with Crippen LogP contribution in [0.4, 0.5) is 0 Å². The minimum atomic E-state index is -0.191. The van der Waals surface area contributed by atoms with Gasteiger partial charge in [0.1, 0.15) is 5.02 Å². The Morgan fingerprint density at radius 2 is 1.96 bits per heavy atom. The van der Waals surface area contributed by atoms with Gasteiger partial charge in [-0.05, 0) is 29.5 Å². The van der Waals surface area contributed by atoms with Crippen molar-refractivity contribution in [1.82, 2.24) is 14.4 Å². The van der Waals surface area contributed by atoms with Gasteiger partial charge in [-0.2, -0.15) is 0 Å². The summed E-state index contributed by atoms with van der Waals surface area (Å²) in [4.78, 5) is 22.6. The average molecular weight is 380 g/mol. The molecular weight excluding hydrogens is 366 g/mol. The highest BCUT2D eigenvalue weighted by atomic mass is 35.5. The van der Waals surface area contributed by atoms with E-state index in [0.717, 1.165) is 17.7 Å². The highest BCUT2D eigenvalue weighted by Gasteiger charge is 2.42. The van der Waals surface area contributed by atoms with Gasteiger partial charge in [-0.25, -0.2) is 9.38 Å². The molecule has 4 nitrogen and oxygen atoms in total. The molecule has 128 valence electrons. The highest BCUT2D eigenvalue weighted by molar-refractivity contribution is 7.15. The fourth-order valence-corrected chi connectivity index (χ4v) is 4.63. The molecule has 1 fully saturated rings. The van der Waals surface area contributed by atoms with E-state index in [4.69, 9.17) is 16.6 Å². The van der Waals surface area contributed by atoms with Crippen LogP contribution in [0.1, 0.15) is 29.5 Å². The van der Waals surface area contributed by atoms with Crippen molar-refractivity contribution in [2.45, 2.75) is 18.3 Å². The third kappa shape index (κ3) is 2.47. The Balaban J connectivity index is 1.60. The van der Waals surface area contributed by atoms with Crippen molar-refractivity contribution < 1.29 is 0 Å². The number of fused-ring (bicyclic) bond motifs is 1. The summed E-state index contributed by atoms with van der Waals surface area (Å²) in [6.45, 7) is 0. The predicted molar refractivity (Wildman–Crippen MR) is 104 cm³/mol. The van der Waals surface area contributed by atoms with Gasteiger partial charge in [0.2, 0.25) is 0 Å². The molecule has 1 saturated carbocycles.